The van der Waals surface area contributed by atoms with E-state index in [1.807, 2.05) is 0 Å². The zero-order valence-electron chi connectivity index (χ0n) is 13.8. The predicted octanol–water partition coefficient (Wildman–Crippen LogP) is 1.04. The van der Waals surface area contributed by atoms with E-state index >= 15 is 0 Å². The molecule has 2 amide bonds. The summed E-state index contributed by atoms with van der Waals surface area (Å²) in [5.41, 5.74) is 0.338. The Kier molecular flexibility index (Phi) is 4.44. The zero-order valence-corrected chi connectivity index (χ0v) is 13.8. The van der Waals surface area contributed by atoms with Gasteiger partial charge in [-0.1, -0.05) is 0 Å². The van der Waals surface area contributed by atoms with Gasteiger partial charge in [-0.05, 0) is 68.6 Å². The van der Waals surface area contributed by atoms with Crippen LogP contribution in [0.3, 0.4) is 0 Å². The van der Waals surface area contributed by atoms with E-state index < -0.39 is 0 Å². The van der Waals surface area contributed by atoms with Gasteiger partial charge in [0.05, 0.1) is 13.1 Å². The van der Waals surface area contributed by atoms with Gasteiger partial charge in [0.25, 0.3) is 0 Å². The summed E-state index contributed by atoms with van der Waals surface area (Å²) in [5, 5.41) is 8.62. The molecule has 0 spiro atoms. The van der Waals surface area contributed by atoms with Gasteiger partial charge in [-0.3, -0.25) is 14.9 Å². The molecule has 3 N–H and O–H groups in total. The lowest BCUT2D eigenvalue weighted by Gasteiger charge is -2.59. The Bertz CT molecular complexity index is 414. The molecule has 4 aliphatic carbocycles. The SMILES string of the molecule is CNC(=O)CNCC(=O)N[C@H](C)C12CC3CC(CC(C3)C1)C2. The Morgan fingerprint density at radius 1 is 1.00 bits per heavy atom. The molecule has 0 aromatic heterocycles. The molecular weight excluding hydrogens is 278 g/mol. The molecule has 1 atom stereocenters. The monoisotopic (exact) mass is 307 g/mol. The van der Waals surface area contributed by atoms with Gasteiger partial charge in [0.2, 0.25) is 11.8 Å². The topological polar surface area (TPSA) is 70.2 Å². The molecule has 0 unspecified atom stereocenters. The van der Waals surface area contributed by atoms with Crippen LogP contribution in [0.1, 0.15) is 45.4 Å². The Balaban J connectivity index is 1.50. The van der Waals surface area contributed by atoms with Gasteiger partial charge in [-0.2, -0.15) is 0 Å². The second-order valence-electron chi connectivity index (χ2n) is 7.85. The minimum atomic E-state index is -0.0954. The molecule has 4 aliphatic rings. The summed E-state index contributed by atoms with van der Waals surface area (Å²) in [6.07, 6.45) is 8.17. The highest BCUT2D eigenvalue weighted by molar-refractivity contribution is 5.81. The third kappa shape index (κ3) is 3.14. The van der Waals surface area contributed by atoms with Gasteiger partial charge in [0, 0.05) is 13.1 Å². The second kappa shape index (κ2) is 6.19. The second-order valence-corrected chi connectivity index (χ2v) is 7.85. The maximum Gasteiger partial charge on any atom is 0.234 e. The van der Waals surface area contributed by atoms with Crippen LogP contribution in [0.4, 0.5) is 0 Å². The van der Waals surface area contributed by atoms with Crippen LogP contribution in [0.15, 0.2) is 0 Å². The van der Waals surface area contributed by atoms with E-state index in [1.165, 1.54) is 38.5 Å². The van der Waals surface area contributed by atoms with Crippen LogP contribution in [-0.4, -0.2) is 38.0 Å². The lowest BCUT2D eigenvalue weighted by molar-refractivity contribution is -0.125. The highest BCUT2D eigenvalue weighted by Crippen LogP contribution is 2.61. The number of carbonyl (C=O) groups excluding carboxylic acids is 2. The standard InChI is InChI=1S/C17H29N3O2/c1-11(20-16(22)10-19-9-15(21)18-2)17-6-12-3-13(7-17)5-14(4-12)8-17/h11-14,19H,3-10H2,1-2H3,(H,18,21)(H,20,22)/t11-,12?,13?,14?,17?/m1/s1. The number of likely N-dealkylation sites (N-methyl/N-ethyl adjacent to an activating group) is 1. The summed E-state index contributed by atoms with van der Waals surface area (Å²) in [4.78, 5) is 23.3. The first-order valence-electron chi connectivity index (χ1n) is 8.71. The van der Waals surface area contributed by atoms with Crippen LogP contribution in [0.25, 0.3) is 0 Å². The number of hydrogen-bond acceptors (Lipinski definition) is 3. The fraction of sp³-hybridized carbons (Fsp3) is 0.882. The van der Waals surface area contributed by atoms with Crippen molar-refractivity contribution >= 4 is 11.8 Å². The summed E-state index contributed by atoms with van der Waals surface area (Å²) < 4.78 is 0. The molecule has 4 bridgehead atoms. The minimum Gasteiger partial charge on any atom is -0.358 e. The van der Waals surface area contributed by atoms with Crippen molar-refractivity contribution < 1.29 is 9.59 Å². The lowest BCUT2D eigenvalue weighted by atomic mass is 9.48. The van der Waals surface area contributed by atoms with E-state index in [0.29, 0.717) is 5.41 Å². The summed E-state index contributed by atoms with van der Waals surface area (Å²) in [6.45, 7) is 2.59. The number of amides is 2. The minimum absolute atomic E-state index is 0.00662. The van der Waals surface area contributed by atoms with E-state index in [0.717, 1.165) is 17.8 Å². The lowest BCUT2D eigenvalue weighted by Crippen LogP contribution is -2.56. The van der Waals surface area contributed by atoms with Gasteiger partial charge < -0.3 is 10.6 Å². The summed E-state index contributed by atoms with van der Waals surface area (Å²) in [7, 11) is 1.60. The average Bonchev–Trinajstić information content (AvgIpc) is 2.45. The highest BCUT2D eigenvalue weighted by Gasteiger charge is 2.53. The molecule has 4 fully saturated rings. The first-order chi connectivity index (χ1) is 10.5. The van der Waals surface area contributed by atoms with Crippen LogP contribution in [0, 0.1) is 23.2 Å². The molecule has 0 aliphatic heterocycles. The van der Waals surface area contributed by atoms with Crippen molar-refractivity contribution in [3.63, 3.8) is 0 Å². The molecule has 22 heavy (non-hydrogen) atoms. The van der Waals surface area contributed by atoms with Gasteiger partial charge in [0.15, 0.2) is 0 Å². The van der Waals surface area contributed by atoms with Crippen LogP contribution < -0.4 is 16.0 Å². The molecule has 4 rings (SSSR count). The van der Waals surface area contributed by atoms with Crippen LogP contribution in [0.5, 0.6) is 0 Å². The van der Waals surface area contributed by atoms with E-state index in [-0.39, 0.29) is 30.9 Å². The van der Waals surface area contributed by atoms with Crippen molar-refractivity contribution in [3.05, 3.63) is 0 Å². The molecule has 124 valence electrons. The third-order valence-corrected chi connectivity index (χ3v) is 6.23. The van der Waals surface area contributed by atoms with Crippen molar-refractivity contribution in [1.82, 2.24) is 16.0 Å². The van der Waals surface area contributed by atoms with E-state index in [4.69, 9.17) is 0 Å². The van der Waals surface area contributed by atoms with E-state index in [2.05, 4.69) is 22.9 Å². The Morgan fingerprint density at radius 2 is 1.50 bits per heavy atom. The molecule has 0 aromatic carbocycles. The molecule has 0 radical (unpaired) electrons. The Hall–Kier alpha value is -1.10. The van der Waals surface area contributed by atoms with Gasteiger partial charge in [0.1, 0.15) is 0 Å². The van der Waals surface area contributed by atoms with Crippen molar-refractivity contribution in [2.75, 3.05) is 20.1 Å². The quantitative estimate of drug-likeness (QED) is 0.687. The van der Waals surface area contributed by atoms with Crippen molar-refractivity contribution in [2.24, 2.45) is 23.2 Å². The molecular formula is C17H29N3O2. The van der Waals surface area contributed by atoms with Crippen molar-refractivity contribution in [3.8, 4) is 0 Å². The van der Waals surface area contributed by atoms with E-state index in [1.54, 1.807) is 7.05 Å². The number of rotatable bonds is 6. The van der Waals surface area contributed by atoms with Gasteiger partial charge in [-0.25, -0.2) is 0 Å². The molecule has 5 nitrogen and oxygen atoms in total. The number of nitrogens with one attached hydrogen (secondary N) is 3. The van der Waals surface area contributed by atoms with Crippen molar-refractivity contribution in [1.29, 1.82) is 0 Å². The first-order valence-corrected chi connectivity index (χ1v) is 8.71. The summed E-state index contributed by atoms with van der Waals surface area (Å²) in [6, 6.07) is 0.246. The molecule has 5 heteroatoms. The average molecular weight is 307 g/mol. The van der Waals surface area contributed by atoms with Crippen molar-refractivity contribution in [2.45, 2.75) is 51.5 Å². The van der Waals surface area contributed by atoms with Crippen LogP contribution in [-0.2, 0) is 9.59 Å². The zero-order chi connectivity index (χ0) is 15.7. The largest absolute Gasteiger partial charge is 0.358 e. The number of carbonyl (C=O) groups is 2. The van der Waals surface area contributed by atoms with Crippen LogP contribution >= 0.6 is 0 Å². The van der Waals surface area contributed by atoms with Gasteiger partial charge >= 0.3 is 0 Å². The molecule has 0 aromatic rings. The maximum atomic E-state index is 12.1. The summed E-state index contributed by atoms with van der Waals surface area (Å²) in [5.74, 6) is 2.61. The molecule has 0 saturated heterocycles. The van der Waals surface area contributed by atoms with Crippen LogP contribution in [0.2, 0.25) is 0 Å². The Labute approximate surface area is 133 Å². The molecule has 4 saturated carbocycles. The fourth-order valence-corrected chi connectivity index (χ4v) is 5.53. The third-order valence-electron chi connectivity index (χ3n) is 6.23. The maximum absolute atomic E-state index is 12.1. The van der Waals surface area contributed by atoms with E-state index in [9.17, 15) is 9.59 Å². The number of hydrogen-bond donors (Lipinski definition) is 3. The fourth-order valence-electron chi connectivity index (χ4n) is 5.53. The normalized spacial score (nSPS) is 36.9. The highest BCUT2D eigenvalue weighted by atomic mass is 16.2. The summed E-state index contributed by atoms with van der Waals surface area (Å²) >= 11 is 0. The Morgan fingerprint density at radius 3 is 2.00 bits per heavy atom. The van der Waals surface area contributed by atoms with Gasteiger partial charge in [-0.15, -0.1) is 0 Å². The first kappa shape index (κ1) is 15.8. The predicted molar refractivity (Wildman–Crippen MR) is 85.1 cm³/mol. The smallest absolute Gasteiger partial charge is 0.234 e. The molecule has 0 heterocycles.